The number of aliphatic hydroxyl groups excluding tert-OH is 1. The Morgan fingerprint density at radius 2 is 2.00 bits per heavy atom. The summed E-state index contributed by atoms with van der Waals surface area (Å²) in [7, 11) is 1.34. The molecule has 3 rings (SSSR count). The fourth-order valence-electron chi connectivity index (χ4n) is 3.22. The maximum Gasteiger partial charge on any atom is 0.341 e. The van der Waals surface area contributed by atoms with Crippen LogP contribution >= 0.6 is 0 Å². The van der Waals surface area contributed by atoms with Gasteiger partial charge in [-0.2, -0.15) is 0 Å². The molecule has 0 saturated carbocycles. The van der Waals surface area contributed by atoms with E-state index in [0.29, 0.717) is 0 Å². The fourth-order valence-corrected chi connectivity index (χ4v) is 3.22. The van der Waals surface area contributed by atoms with Crippen molar-refractivity contribution in [2.75, 3.05) is 7.11 Å². The zero-order valence-electron chi connectivity index (χ0n) is 12.4. The largest absolute Gasteiger partial charge is 0.507 e. The zero-order valence-corrected chi connectivity index (χ0v) is 12.4. The summed E-state index contributed by atoms with van der Waals surface area (Å²) in [5.41, 5.74) is 4.22. The third-order valence-corrected chi connectivity index (χ3v) is 4.63. The fraction of sp³-hybridized carbons (Fsp3) is 0.278. The van der Waals surface area contributed by atoms with Gasteiger partial charge < -0.3 is 9.84 Å². The van der Waals surface area contributed by atoms with Crippen LogP contribution in [0.4, 0.5) is 0 Å². The van der Waals surface area contributed by atoms with Crippen molar-refractivity contribution in [3.8, 4) is 0 Å². The summed E-state index contributed by atoms with van der Waals surface area (Å²) < 4.78 is 4.85. The normalized spacial score (nSPS) is 23.8. The average molecular weight is 282 g/mol. The molecule has 21 heavy (non-hydrogen) atoms. The van der Waals surface area contributed by atoms with Gasteiger partial charge in [0.1, 0.15) is 11.3 Å². The van der Waals surface area contributed by atoms with E-state index < -0.39 is 5.97 Å². The van der Waals surface area contributed by atoms with E-state index in [1.54, 1.807) is 6.08 Å². The highest BCUT2D eigenvalue weighted by Gasteiger charge is 2.42. The maximum absolute atomic E-state index is 12.1. The van der Waals surface area contributed by atoms with Crippen LogP contribution in [0.2, 0.25) is 0 Å². The van der Waals surface area contributed by atoms with Crippen molar-refractivity contribution < 1.29 is 14.6 Å². The molecular weight excluding hydrogens is 264 g/mol. The van der Waals surface area contributed by atoms with Gasteiger partial charge in [-0.05, 0) is 42.2 Å². The predicted octanol–water partition coefficient (Wildman–Crippen LogP) is 3.58. The molecule has 0 radical (unpaired) electrons. The van der Waals surface area contributed by atoms with Gasteiger partial charge in [0.25, 0.3) is 0 Å². The lowest BCUT2D eigenvalue weighted by Gasteiger charge is -2.40. The number of hydrogen-bond donors (Lipinski definition) is 1. The van der Waals surface area contributed by atoms with Crippen LogP contribution in [0.1, 0.15) is 25.0 Å². The van der Waals surface area contributed by atoms with E-state index in [1.807, 2.05) is 31.2 Å². The molecule has 3 heteroatoms. The van der Waals surface area contributed by atoms with Crippen molar-refractivity contribution in [3.05, 3.63) is 63.9 Å². The molecule has 0 spiro atoms. The molecule has 1 aromatic carbocycles. The highest BCUT2D eigenvalue weighted by atomic mass is 16.5. The number of hydrogen-bond acceptors (Lipinski definition) is 3. The third kappa shape index (κ3) is 1.92. The molecule has 3 nitrogen and oxygen atoms in total. The lowest BCUT2D eigenvalue weighted by atomic mass is 9.63. The van der Waals surface area contributed by atoms with E-state index in [-0.39, 0.29) is 16.7 Å². The summed E-state index contributed by atoms with van der Waals surface area (Å²) in [5, 5.41) is 10.2. The van der Waals surface area contributed by atoms with Crippen LogP contribution in [0.25, 0.3) is 6.08 Å². The van der Waals surface area contributed by atoms with E-state index in [2.05, 4.69) is 13.0 Å². The average Bonchev–Trinajstić information content (AvgIpc) is 2.46. The Morgan fingerprint density at radius 1 is 1.29 bits per heavy atom. The van der Waals surface area contributed by atoms with Gasteiger partial charge in [-0.15, -0.1) is 0 Å². The molecule has 0 aliphatic heterocycles. The van der Waals surface area contributed by atoms with E-state index >= 15 is 0 Å². The molecule has 0 fully saturated rings. The Labute approximate surface area is 124 Å². The van der Waals surface area contributed by atoms with Gasteiger partial charge in [-0.25, -0.2) is 4.79 Å². The van der Waals surface area contributed by atoms with Crippen LogP contribution in [0, 0.1) is 5.41 Å². The van der Waals surface area contributed by atoms with Crippen LogP contribution in [0.3, 0.4) is 0 Å². The molecule has 0 bridgehead atoms. The molecule has 0 aromatic heterocycles. The second-order valence-corrected chi connectivity index (χ2v) is 5.84. The summed E-state index contributed by atoms with van der Waals surface area (Å²) in [4.78, 5) is 12.1. The van der Waals surface area contributed by atoms with E-state index in [1.165, 1.54) is 12.7 Å². The minimum absolute atomic E-state index is 0.0116. The third-order valence-electron chi connectivity index (χ3n) is 4.63. The second-order valence-electron chi connectivity index (χ2n) is 5.84. The molecule has 2 aliphatic rings. The lowest BCUT2D eigenvalue weighted by molar-refractivity contribution is -0.136. The van der Waals surface area contributed by atoms with Gasteiger partial charge in [-0.3, -0.25) is 0 Å². The highest BCUT2D eigenvalue weighted by molar-refractivity contribution is 5.98. The number of rotatable bonds is 1. The SMILES string of the molecule is COC(=O)C1=C(O)C=C(C)C2(C)Cc3ccccc3C=C12. The topological polar surface area (TPSA) is 46.5 Å². The van der Waals surface area contributed by atoms with Crippen LogP contribution < -0.4 is 0 Å². The molecular formula is C18H18O3. The van der Waals surface area contributed by atoms with Gasteiger partial charge in [0.2, 0.25) is 0 Å². The second kappa shape index (κ2) is 4.62. The standard InChI is InChI=1S/C18H18O3/c1-11-8-15(19)16(17(20)21-3)14-9-12-6-4-5-7-13(12)10-18(11,14)2/h4-9,19H,10H2,1-3H3. The first-order valence-electron chi connectivity index (χ1n) is 6.98. The molecule has 0 amide bonds. The monoisotopic (exact) mass is 282 g/mol. The van der Waals surface area contributed by atoms with E-state index in [9.17, 15) is 9.90 Å². The van der Waals surface area contributed by atoms with Crippen LogP contribution in [-0.2, 0) is 16.0 Å². The van der Waals surface area contributed by atoms with Crippen LogP contribution in [-0.4, -0.2) is 18.2 Å². The van der Waals surface area contributed by atoms with Gasteiger partial charge in [0.05, 0.1) is 7.11 Å². The van der Waals surface area contributed by atoms with Crippen LogP contribution in [0.15, 0.2) is 52.8 Å². The van der Waals surface area contributed by atoms with Crippen molar-refractivity contribution in [2.24, 2.45) is 5.41 Å². The zero-order chi connectivity index (χ0) is 15.2. The molecule has 0 saturated heterocycles. The first-order valence-corrected chi connectivity index (χ1v) is 6.98. The van der Waals surface area contributed by atoms with Gasteiger partial charge in [0.15, 0.2) is 0 Å². The number of aliphatic hydroxyl groups is 1. The lowest BCUT2D eigenvalue weighted by Crippen LogP contribution is -2.33. The number of fused-ring (bicyclic) bond motifs is 2. The van der Waals surface area contributed by atoms with Crippen molar-refractivity contribution in [1.29, 1.82) is 0 Å². The summed E-state index contributed by atoms with van der Waals surface area (Å²) in [6, 6.07) is 8.14. The molecule has 1 unspecified atom stereocenters. The predicted molar refractivity (Wildman–Crippen MR) is 81.7 cm³/mol. The minimum atomic E-state index is -0.492. The number of methoxy groups -OCH3 is 1. The Kier molecular flexibility index (Phi) is 3.01. The quantitative estimate of drug-likeness (QED) is 0.801. The van der Waals surface area contributed by atoms with E-state index in [0.717, 1.165) is 23.1 Å². The van der Waals surface area contributed by atoms with Gasteiger partial charge in [0, 0.05) is 5.41 Å². The molecule has 0 heterocycles. The number of esters is 1. The Bertz CT molecular complexity index is 722. The maximum atomic E-state index is 12.1. The molecule has 1 aromatic rings. The summed E-state index contributed by atoms with van der Waals surface area (Å²) in [6.07, 6.45) is 4.49. The number of benzene rings is 1. The Hall–Kier alpha value is -2.29. The molecule has 108 valence electrons. The van der Waals surface area contributed by atoms with Crippen molar-refractivity contribution in [1.82, 2.24) is 0 Å². The summed E-state index contributed by atoms with van der Waals surface area (Å²) >= 11 is 0. The smallest absolute Gasteiger partial charge is 0.341 e. The highest BCUT2D eigenvalue weighted by Crippen LogP contribution is 2.50. The van der Waals surface area contributed by atoms with Crippen molar-refractivity contribution in [2.45, 2.75) is 20.3 Å². The summed E-state index contributed by atoms with van der Waals surface area (Å²) in [5.74, 6) is -0.504. The number of allylic oxidation sites excluding steroid dienone is 2. The Balaban J connectivity index is 2.27. The number of carbonyl (C=O) groups is 1. The summed E-state index contributed by atoms with van der Waals surface area (Å²) in [6.45, 7) is 4.10. The number of ether oxygens (including phenoxy) is 1. The molecule has 1 N–H and O–H groups in total. The van der Waals surface area contributed by atoms with Crippen molar-refractivity contribution in [3.63, 3.8) is 0 Å². The first kappa shape index (κ1) is 13.7. The van der Waals surface area contributed by atoms with Crippen molar-refractivity contribution >= 4 is 12.0 Å². The van der Waals surface area contributed by atoms with Gasteiger partial charge >= 0.3 is 5.97 Å². The van der Waals surface area contributed by atoms with Crippen LogP contribution in [0.5, 0.6) is 0 Å². The molecule has 1 atom stereocenters. The molecule has 2 aliphatic carbocycles. The van der Waals surface area contributed by atoms with Gasteiger partial charge in [-0.1, -0.05) is 36.8 Å². The first-order chi connectivity index (χ1) is 9.97. The van der Waals surface area contributed by atoms with E-state index in [4.69, 9.17) is 4.74 Å². The number of carbonyl (C=O) groups excluding carboxylic acids is 1. The minimum Gasteiger partial charge on any atom is -0.507 e. The Morgan fingerprint density at radius 3 is 2.71 bits per heavy atom.